The van der Waals surface area contributed by atoms with Crippen molar-refractivity contribution < 1.29 is 42.1 Å². The van der Waals surface area contributed by atoms with Crippen LogP contribution >= 0.6 is 0 Å². The van der Waals surface area contributed by atoms with Crippen LogP contribution < -0.4 is 20.5 Å². The first-order chi connectivity index (χ1) is 25.1. The second kappa shape index (κ2) is 16.0. The Morgan fingerprint density at radius 2 is 1.58 bits per heavy atom. The molecule has 10 nitrogen and oxygen atoms in total. The van der Waals surface area contributed by atoms with Crippen molar-refractivity contribution in [3.05, 3.63) is 59.7 Å². The molecule has 0 aromatic heterocycles. The third kappa shape index (κ3) is 8.05. The largest absolute Gasteiger partial charge is 0.496 e. The van der Waals surface area contributed by atoms with Crippen molar-refractivity contribution >= 4 is 23.2 Å². The van der Waals surface area contributed by atoms with Crippen LogP contribution in [0.2, 0.25) is 0 Å². The van der Waals surface area contributed by atoms with Crippen LogP contribution in [0.3, 0.4) is 0 Å². The molecule has 1 amide bonds. The number of hydrogen-bond donors (Lipinski definition) is 2. The zero-order valence-corrected chi connectivity index (χ0v) is 30.4. The summed E-state index contributed by atoms with van der Waals surface area (Å²) in [5.74, 6) is -2.22. The van der Waals surface area contributed by atoms with Crippen LogP contribution in [0.15, 0.2) is 48.5 Å². The lowest BCUT2D eigenvalue weighted by molar-refractivity contribution is -0.180. The number of benzene rings is 3. The highest BCUT2D eigenvalue weighted by Gasteiger charge is 2.54. The second-order valence-electron chi connectivity index (χ2n) is 14.4. The Morgan fingerprint density at radius 3 is 2.19 bits per heavy atom. The summed E-state index contributed by atoms with van der Waals surface area (Å²) in [6, 6.07) is 16.6. The van der Waals surface area contributed by atoms with Crippen molar-refractivity contribution in [1.82, 2.24) is 10.2 Å². The molecule has 3 aromatic carbocycles. The van der Waals surface area contributed by atoms with E-state index in [0.717, 1.165) is 71.6 Å². The lowest BCUT2D eigenvalue weighted by Crippen LogP contribution is -2.51. The third-order valence-corrected chi connectivity index (χ3v) is 11.3. The molecule has 2 aliphatic heterocycles. The van der Waals surface area contributed by atoms with E-state index < -0.39 is 11.7 Å². The van der Waals surface area contributed by atoms with Gasteiger partial charge in [-0.25, -0.2) is 8.78 Å². The van der Waals surface area contributed by atoms with E-state index in [1.54, 1.807) is 14.2 Å². The van der Waals surface area contributed by atoms with Crippen molar-refractivity contribution in [2.75, 3.05) is 47.6 Å². The zero-order chi connectivity index (χ0) is 36.9. The summed E-state index contributed by atoms with van der Waals surface area (Å²) in [7, 11) is 4.77. The molecule has 2 heterocycles. The highest BCUT2D eigenvalue weighted by atomic mass is 19.3. The minimum Gasteiger partial charge on any atom is -0.496 e. The van der Waals surface area contributed by atoms with Crippen LogP contribution in [0.1, 0.15) is 62.5 Å². The number of ether oxygens (including phenoxy) is 5. The molecule has 4 fully saturated rings. The third-order valence-electron chi connectivity index (χ3n) is 11.3. The number of halogens is 2. The van der Waals surface area contributed by atoms with E-state index in [4.69, 9.17) is 28.5 Å². The van der Waals surface area contributed by atoms with Gasteiger partial charge in [0.1, 0.15) is 11.5 Å². The fraction of sp³-hybridized carbons (Fsp3) is 0.550. The zero-order valence-electron chi connectivity index (χ0n) is 30.4. The molecule has 282 valence electrons. The van der Waals surface area contributed by atoms with Crippen LogP contribution in [0.25, 0.3) is 21.9 Å². The first-order valence-electron chi connectivity index (χ1n) is 18.2. The molecular weight excluding hydrogens is 672 g/mol. The Hall–Kier alpha value is -3.84. The first kappa shape index (κ1) is 37.9. The number of nitrogens with zero attached hydrogens (tertiary/aromatic N) is 1. The summed E-state index contributed by atoms with van der Waals surface area (Å²) >= 11 is 0. The minimum absolute atomic E-state index is 0.140. The normalized spacial score (nSPS) is 21.2. The molecule has 3 N–H and O–H groups in total. The molecule has 0 radical (unpaired) electrons. The van der Waals surface area contributed by atoms with E-state index in [0.29, 0.717) is 56.8 Å². The monoisotopic (exact) mass is 723 g/mol. The Balaban J connectivity index is 0.00000150. The number of rotatable bonds is 11. The van der Waals surface area contributed by atoms with Gasteiger partial charge in [0.15, 0.2) is 5.79 Å². The summed E-state index contributed by atoms with van der Waals surface area (Å²) in [5.41, 5.74) is 7.62. The fourth-order valence-corrected chi connectivity index (χ4v) is 8.43. The molecule has 1 spiro atoms. The van der Waals surface area contributed by atoms with Crippen LogP contribution in [-0.4, -0.2) is 88.2 Å². The molecule has 0 bridgehead atoms. The van der Waals surface area contributed by atoms with Gasteiger partial charge in [0.05, 0.1) is 46.0 Å². The predicted molar refractivity (Wildman–Crippen MR) is 193 cm³/mol. The molecule has 2 saturated carbocycles. The number of piperidine rings is 1. The van der Waals surface area contributed by atoms with Crippen LogP contribution in [0.4, 0.5) is 8.78 Å². The number of likely N-dealkylation sites (tertiary alicyclic amines) is 1. The van der Waals surface area contributed by atoms with Crippen molar-refractivity contribution in [3.63, 3.8) is 0 Å². The van der Waals surface area contributed by atoms with Gasteiger partial charge in [0.25, 0.3) is 5.92 Å². The number of carbonyl (C=O) groups excluding carboxylic acids is 2. The van der Waals surface area contributed by atoms with Crippen LogP contribution in [-0.2, 0) is 36.8 Å². The Morgan fingerprint density at radius 1 is 0.923 bits per heavy atom. The maximum atomic E-state index is 13.9. The lowest BCUT2D eigenvalue weighted by atomic mass is 9.84. The van der Waals surface area contributed by atoms with Crippen molar-refractivity contribution in [3.8, 4) is 22.6 Å². The van der Waals surface area contributed by atoms with Gasteiger partial charge in [-0.3, -0.25) is 14.5 Å². The number of nitrogens with two attached hydrogens (primary N) is 1. The van der Waals surface area contributed by atoms with Gasteiger partial charge in [-0.2, -0.15) is 0 Å². The average molecular weight is 724 g/mol. The van der Waals surface area contributed by atoms with E-state index in [2.05, 4.69) is 40.2 Å². The van der Waals surface area contributed by atoms with Gasteiger partial charge in [-0.05, 0) is 60.1 Å². The number of alkyl halides is 2. The highest BCUT2D eigenvalue weighted by molar-refractivity contribution is 6.01. The number of primary amides is 1. The molecule has 2 saturated heterocycles. The molecule has 52 heavy (non-hydrogen) atoms. The number of methoxy groups -OCH3 is 3. The van der Waals surface area contributed by atoms with Crippen LogP contribution in [0.5, 0.6) is 11.5 Å². The van der Waals surface area contributed by atoms with Gasteiger partial charge < -0.3 is 34.7 Å². The Bertz CT molecular complexity index is 1710. The number of hydrogen-bond acceptors (Lipinski definition) is 9. The smallest absolute Gasteiger partial charge is 0.310 e. The molecule has 4 aliphatic rings. The van der Waals surface area contributed by atoms with E-state index in [9.17, 15) is 13.6 Å². The fourth-order valence-electron chi connectivity index (χ4n) is 8.43. The van der Waals surface area contributed by atoms with E-state index >= 15 is 0 Å². The van der Waals surface area contributed by atoms with E-state index in [1.807, 2.05) is 24.3 Å². The van der Waals surface area contributed by atoms with Gasteiger partial charge >= 0.3 is 5.97 Å². The number of amides is 1. The SMILES string of the molecule is COC(=O)[C@H](Cc1cccc2c(-c3c(OC)ccc(CN4CCC(F)(F)CC4)c3OC)cccc12)C1(NC2CCC3(CC2)OCCO3)CC1.NC=O. The first-order valence-corrected chi connectivity index (χ1v) is 18.2. The average Bonchev–Trinajstić information content (AvgIpc) is 3.79. The lowest BCUT2D eigenvalue weighted by Gasteiger charge is -2.38. The summed E-state index contributed by atoms with van der Waals surface area (Å²) in [6.07, 6.45) is 5.96. The van der Waals surface area contributed by atoms with Crippen molar-refractivity contribution in [2.24, 2.45) is 11.7 Å². The van der Waals surface area contributed by atoms with Crippen molar-refractivity contribution in [1.29, 1.82) is 0 Å². The molecule has 0 unspecified atom stereocenters. The molecule has 2 aliphatic carbocycles. The summed E-state index contributed by atoms with van der Waals surface area (Å²) < 4.78 is 57.1. The minimum atomic E-state index is -2.60. The van der Waals surface area contributed by atoms with Crippen LogP contribution in [0, 0.1) is 5.92 Å². The van der Waals surface area contributed by atoms with Gasteiger partial charge in [0, 0.05) is 62.5 Å². The molecule has 1 atom stereocenters. The van der Waals surface area contributed by atoms with Gasteiger partial charge in [0.2, 0.25) is 6.41 Å². The van der Waals surface area contributed by atoms with E-state index in [-0.39, 0.29) is 36.7 Å². The second-order valence-corrected chi connectivity index (χ2v) is 14.4. The summed E-state index contributed by atoms with van der Waals surface area (Å²) in [4.78, 5) is 24.1. The Labute approximate surface area is 304 Å². The topological polar surface area (TPSA) is 122 Å². The molecule has 12 heteroatoms. The maximum absolute atomic E-state index is 13.9. The summed E-state index contributed by atoms with van der Waals surface area (Å²) in [5, 5.41) is 5.98. The number of fused-ring (bicyclic) bond motifs is 1. The quantitative estimate of drug-likeness (QED) is 0.181. The number of nitrogens with one attached hydrogen (secondary N) is 1. The molecular formula is C40H51F2N3O7. The molecule has 7 rings (SSSR count). The number of esters is 1. The molecule has 3 aromatic rings. The highest BCUT2D eigenvalue weighted by Crippen LogP contribution is 2.48. The predicted octanol–water partition coefficient (Wildman–Crippen LogP) is 6.00. The van der Waals surface area contributed by atoms with Gasteiger partial charge in [-0.1, -0.05) is 42.5 Å². The van der Waals surface area contributed by atoms with E-state index in [1.165, 1.54) is 7.11 Å². The standard InChI is InChI=1S/C39H48F2N2O6.CH3NO/c1-45-33-11-10-27(25-43-20-18-38(40,41)19-21-43)35(46-2)34(33)31-9-5-7-29-26(6-4-8-30(29)31)24-32(36(44)47-3)37(16-17-37)42-28-12-14-39(15-13-28)48-22-23-49-39;2-1-3/h4-11,28,32,42H,12-25H2,1-3H3;1H,(H2,2,3)/t32-;/m0./s1. The number of carbonyl (C=O) groups is 2. The maximum Gasteiger partial charge on any atom is 0.310 e. The van der Waals surface area contributed by atoms with Crippen molar-refractivity contribution in [2.45, 2.75) is 87.6 Å². The Kier molecular flexibility index (Phi) is 11.7. The summed E-state index contributed by atoms with van der Waals surface area (Å²) in [6.45, 7) is 2.48. The van der Waals surface area contributed by atoms with Gasteiger partial charge in [-0.15, -0.1) is 0 Å².